The van der Waals surface area contributed by atoms with Crippen molar-refractivity contribution in [1.82, 2.24) is 0 Å². The van der Waals surface area contributed by atoms with Crippen LogP contribution in [0.25, 0.3) is 0 Å². The molecule has 8 atom stereocenters. The molecule has 0 aliphatic heterocycles. The molecule has 182 valence electrons. The molecule has 0 heterocycles. The molecule has 2 heteroatoms. The highest BCUT2D eigenvalue weighted by molar-refractivity contribution is 5.80. The van der Waals surface area contributed by atoms with Gasteiger partial charge in [0.25, 0.3) is 0 Å². The molecule has 0 spiro atoms. The third-order valence-electron chi connectivity index (χ3n) is 11.4. The molecule has 3 saturated carbocycles. The van der Waals surface area contributed by atoms with Crippen LogP contribution < -0.4 is 0 Å². The van der Waals surface area contributed by atoms with E-state index in [-0.39, 0.29) is 5.92 Å². The average Bonchev–Trinajstić information content (AvgIpc) is 2.76. The zero-order valence-electron chi connectivity index (χ0n) is 21.9. The largest absolute Gasteiger partial charge is 0.390 e. The third-order valence-corrected chi connectivity index (χ3v) is 11.4. The third kappa shape index (κ3) is 4.05. The smallest absolute Gasteiger partial charge is 0.135 e. The van der Waals surface area contributed by atoms with Crippen molar-refractivity contribution in [3.8, 4) is 0 Å². The van der Waals surface area contributed by atoms with E-state index in [2.05, 4.69) is 33.8 Å². The van der Waals surface area contributed by atoms with Crippen molar-refractivity contribution in [1.29, 1.82) is 0 Å². The fraction of sp³-hybridized carbons (Fsp3) is 0.900. The number of allylic oxidation sites excluding steroid dienone is 1. The van der Waals surface area contributed by atoms with Crippen LogP contribution in [0.4, 0.5) is 0 Å². The summed E-state index contributed by atoms with van der Waals surface area (Å²) in [5, 5.41) is 11.0. The first-order valence-electron chi connectivity index (χ1n) is 14.0. The summed E-state index contributed by atoms with van der Waals surface area (Å²) in [5.41, 5.74) is 1.89. The molecule has 1 N–H and O–H groups in total. The quantitative estimate of drug-likeness (QED) is 0.427. The second kappa shape index (κ2) is 8.86. The summed E-state index contributed by atoms with van der Waals surface area (Å²) in [7, 11) is 0. The maximum absolute atomic E-state index is 12.3. The van der Waals surface area contributed by atoms with E-state index in [4.69, 9.17) is 0 Å². The summed E-state index contributed by atoms with van der Waals surface area (Å²) in [6, 6.07) is 0. The lowest BCUT2D eigenvalue weighted by molar-refractivity contribution is -0.124. The number of carbonyl (C=O) groups is 1. The Morgan fingerprint density at radius 1 is 1.09 bits per heavy atom. The molecular weight excluding hydrogens is 392 g/mol. The molecule has 4 rings (SSSR count). The topological polar surface area (TPSA) is 37.3 Å². The van der Waals surface area contributed by atoms with Crippen LogP contribution in [0.2, 0.25) is 0 Å². The van der Waals surface area contributed by atoms with E-state index in [1.165, 1.54) is 44.9 Å². The van der Waals surface area contributed by atoms with Crippen LogP contribution >= 0.6 is 0 Å². The molecule has 2 nitrogen and oxygen atoms in total. The number of Topliss-reactive ketones (excluding diaryl/α,β-unsaturated/α-hetero) is 1. The van der Waals surface area contributed by atoms with Gasteiger partial charge >= 0.3 is 0 Å². The van der Waals surface area contributed by atoms with Gasteiger partial charge in [0, 0.05) is 12.3 Å². The van der Waals surface area contributed by atoms with Crippen molar-refractivity contribution in [2.45, 2.75) is 124 Å². The van der Waals surface area contributed by atoms with Gasteiger partial charge in [-0.15, -0.1) is 0 Å². The van der Waals surface area contributed by atoms with Crippen LogP contribution in [0.3, 0.4) is 0 Å². The summed E-state index contributed by atoms with van der Waals surface area (Å²) in [6.45, 7) is 13.9. The normalized spacial score (nSPS) is 44.8. The fourth-order valence-electron chi connectivity index (χ4n) is 9.05. The summed E-state index contributed by atoms with van der Waals surface area (Å²) < 4.78 is 0. The van der Waals surface area contributed by atoms with E-state index in [0.29, 0.717) is 22.5 Å². The lowest BCUT2D eigenvalue weighted by Gasteiger charge is -2.63. The Balaban J connectivity index is 1.53. The Bertz CT molecular complexity index is 737. The zero-order chi connectivity index (χ0) is 23.3. The van der Waals surface area contributed by atoms with Gasteiger partial charge in [-0.25, -0.2) is 0 Å². The van der Waals surface area contributed by atoms with Gasteiger partial charge in [-0.2, -0.15) is 0 Å². The minimum atomic E-state index is -0.458. The Morgan fingerprint density at radius 2 is 1.84 bits per heavy atom. The highest BCUT2D eigenvalue weighted by atomic mass is 16.3. The highest BCUT2D eigenvalue weighted by Crippen LogP contribution is 2.66. The highest BCUT2D eigenvalue weighted by Gasteiger charge is 2.58. The number of rotatable bonds is 6. The average molecular weight is 443 g/mol. The summed E-state index contributed by atoms with van der Waals surface area (Å²) in [5.74, 6) is 4.52. The lowest BCUT2D eigenvalue weighted by Crippen LogP contribution is -2.55. The first-order valence-corrected chi connectivity index (χ1v) is 14.0. The minimum absolute atomic E-state index is 0.178. The Kier molecular flexibility index (Phi) is 6.78. The van der Waals surface area contributed by atoms with Crippen LogP contribution in [0.15, 0.2) is 11.6 Å². The van der Waals surface area contributed by atoms with E-state index in [1.807, 2.05) is 13.8 Å². The summed E-state index contributed by atoms with van der Waals surface area (Å²) in [4.78, 5) is 12.3. The predicted octanol–water partition coefficient (Wildman–Crippen LogP) is 7.74. The SMILES string of the molecule is CC[C@]1(O)CC[C@@]2(C)C(=CC[C@H]3[C@@H]4CCC[C@H]([C@H](C)CCC(=O)C(C)C)[C@@]4(C)CC[C@@H]32)C1. The van der Waals surface area contributed by atoms with Gasteiger partial charge in [-0.3, -0.25) is 4.79 Å². The molecule has 0 bridgehead atoms. The van der Waals surface area contributed by atoms with Crippen molar-refractivity contribution in [2.75, 3.05) is 0 Å². The van der Waals surface area contributed by atoms with Gasteiger partial charge in [0.05, 0.1) is 5.60 Å². The van der Waals surface area contributed by atoms with Crippen molar-refractivity contribution in [3.63, 3.8) is 0 Å². The van der Waals surface area contributed by atoms with Crippen molar-refractivity contribution in [3.05, 3.63) is 11.6 Å². The zero-order valence-corrected chi connectivity index (χ0v) is 21.9. The van der Waals surface area contributed by atoms with E-state index in [0.717, 1.165) is 55.8 Å². The van der Waals surface area contributed by atoms with Gasteiger partial charge in [0.1, 0.15) is 5.78 Å². The van der Waals surface area contributed by atoms with Crippen LogP contribution in [0.5, 0.6) is 0 Å². The molecule has 3 fully saturated rings. The van der Waals surface area contributed by atoms with Crippen LogP contribution in [0, 0.1) is 46.3 Å². The number of hydrogen-bond acceptors (Lipinski definition) is 2. The fourth-order valence-corrected chi connectivity index (χ4v) is 9.05. The van der Waals surface area contributed by atoms with E-state index >= 15 is 0 Å². The summed E-state index contributed by atoms with van der Waals surface area (Å²) in [6.07, 6.45) is 16.5. The molecule has 0 aromatic heterocycles. The molecule has 4 aliphatic carbocycles. The first kappa shape index (κ1) is 24.5. The van der Waals surface area contributed by atoms with Crippen molar-refractivity contribution in [2.24, 2.45) is 46.3 Å². The lowest BCUT2D eigenvalue weighted by atomic mass is 9.42. The van der Waals surface area contributed by atoms with E-state index < -0.39 is 5.60 Å². The Labute approximate surface area is 198 Å². The van der Waals surface area contributed by atoms with Gasteiger partial charge in [0.2, 0.25) is 0 Å². The Hall–Kier alpha value is -0.630. The van der Waals surface area contributed by atoms with E-state index in [1.54, 1.807) is 5.57 Å². The monoisotopic (exact) mass is 442 g/mol. The van der Waals surface area contributed by atoms with Crippen LogP contribution in [-0.4, -0.2) is 16.5 Å². The number of hydrogen-bond donors (Lipinski definition) is 1. The van der Waals surface area contributed by atoms with Crippen LogP contribution in [0.1, 0.15) is 119 Å². The van der Waals surface area contributed by atoms with Crippen LogP contribution in [-0.2, 0) is 4.79 Å². The van der Waals surface area contributed by atoms with Gasteiger partial charge < -0.3 is 5.11 Å². The minimum Gasteiger partial charge on any atom is -0.390 e. The van der Waals surface area contributed by atoms with E-state index in [9.17, 15) is 9.90 Å². The summed E-state index contributed by atoms with van der Waals surface area (Å²) >= 11 is 0. The van der Waals surface area contributed by atoms with Crippen molar-refractivity contribution < 1.29 is 9.90 Å². The molecule has 0 amide bonds. The van der Waals surface area contributed by atoms with Gasteiger partial charge in [0.15, 0.2) is 0 Å². The number of ketones is 1. The maximum Gasteiger partial charge on any atom is 0.135 e. The predicted molar refractivity (Wildman–Crippen MR) is 133 cm³/mol. The molecule has 0 unspecified atom stereocenters. The first-order chi connectivity index (χ1) is 15.0. The molecular formula is C30H50O2. The van der Waals surface area contributed by atoms with Gasteiger partial charge in [-0.1, -0.05) is 59.6 Å². The number of fused-ring (bicyclic) bond motifs is 5. The molecule has 0 aromatic carbocycles. The standard InChI is InChI=1S/C30H50O2/c1-7-30(32)18-17-28(5)22(19-30)12-13-23-25-10-8-9-24(29(25,6)16-15-26(23)28)21(4)11-14-27(31)20(2)3/h12,20-21,23-26,32H,7-11,13-19H2,1-6H3/t21-,23+,24-,25+,26+,28+,29-,30+/m1/s1. The molecule has 0 radical (unpaired) electrons. The molecule has 32 heavy (non-hydrogen) atoms. The number of carbonyl (C=O) groups excluding carboxylic acids is 1. The second-order valence-electron chi connectivity index (χ2n) is 13.2. The molecule has 0 aromatic rings. The second-order valence-corrected chi connectivity index (χ2v) is 13.2. The number of aliphatic hydroxyl groups is 1. The van der Waals surface area contributed by atoms with Gasteiger partial charge in [-0.05, 0) is 105 Å². The maximum atomic E-state index is 12.3. The molecule has 0 saturated heterocycles. The van der Waals surface area contributed by atoms with Crippen molar-refractivity contribution >= 4 is 5.78 Å². The Morgan fingerprint density at radius 3 is 2.53 bits per heavy atom. The molecule has 4 aliphatic rings.